The standard InChI is InChI=1S/C32H46FN3O7S/c1-17(2)13-18-11-12-42-28-20(14-18)15-34-24(28)31(41)36-23-6-4-3-5-22(16-35-30(40)19-7-9-21(33)10-8-19)44-32-27(39)25(37)26(38)29(23)43-32/h3-4,7-10,17-18,20,22-29,32,34,37-39H,5-6,11-16H2,1-2H3,(H,35,40)(H,36,41)/b4-3-/t18-,20-,22+,23+,24-,25?,26-,27+,28+,29+,32?/m0/s1. The first-order valence-corrected chi connectivity index (χ1v) is 16.7. The van der Waals surface area contributed by atoms with Crippen LogP contribution in [0.15, 0.2) is 36.4 Å². The number of carbonyl (C=O) groups excluding carboxylic acids is 2. The number of ether oxygens (including phenoxy) is 2. The number of fused-ring (bicyclic) bond motifs is 3. The number of carbonyl (C=O) groups is 2. The van der Waals surface area contributed by atoms with Crippen molar-refractivity contribution >= 4 is 23.6 Å². The van der Waals surface area contributed by atoms with Crippen LogP contribution in [0.3, 0.4) is 0 Å². The smallest absolute Gasteiger partial charge is 0.251 e. The minimum Gasteiger partial charge on any atom is -0.388 e. The second-order valence-corrected chi connectivity index (χ2v) is 14.4. The second-order valence-electron chi connectivity index (χ2n) is 13.0. The van der Waals surface area contributed by atoms with E-state index in [2.05, 4.69) is 29.8 Å². The maximum Gasteiger partial charge on any atom is 0.251 e. The first kappa shape index (κ1) is 33.3. The van der Waals surface area contributed by atoms with E-state index in [0.29, 0.717) is 43.4 Å². The lowest BCUT2D eigenvalue weighted by molar-refractivity contribution is -0.205. The Hall–Kier alpha value is -2.06. The zero-order chi connectivity index (χ0) is 31.4. The van der Waals surface area contributed by atoms with Gasteiger partial charge >= 0.3 is 0 Å². The maximum atomic E-state index is 13.6. The number of benzene rings is 1. The summed E-state index contributed by atoms with van der Waals surface area (Å²) in [4.78, 5) is 26.2. The minimum absolute atomic E-state index is 0.226. The molecule has 3 fully saturated rings. The van der Waals surface area contributed by atoms with E-state index in [9.17, 15) is 29.3 Å². The van der Waals surface area contributed by atoms with E-state index < -0.39 is 47.8 Å². The van der Waals surface area contributed by atoms with Crippen molar-refractivity contribution in [2.75, 3.05) is 19.7 Å². The van der Waals surface area contributed by atoms with E-state index in [1.165, 1.54) is 36.0 Å². The van der Waals surface area contributed by atoms with Gasteiger partial charge < -0.3 is 40.7 Å². The number of aliphatic hydroxyl groups is 3. The largest absolute Gasteiger partial charge is 0.388 e. The molecule has 2 unspecified atom stereocenters. The molecule has 244 valence electrons. The average molecular weight is 636 g/mol. The van der Waals surface area contributed by atoms with Crippen molar-refractivity contribution in [3.63, 3.8) is 0 Å². The lowest BCUT2D eigenvalue weighted by Crippen LogP contribution is -2.64. The van der Waals surface area contributed by atoms with Crippen LogP contribution in [-0.4, -0.2) is 100 Å². The summed E-state index contributed by atoms with van der Waals surface area (Å²) in [6.45, 7) is 6.02. The lowest BCUT2D eigenvalue weighted by atomic mass is 9.85. The molecule has 2 amide bonds. The third kappa shape index (κ3) is 8.01. The molecule has 2 bridgehead atoms. The van der Waals surface area contributed by atoms with E-state index in [4.69, 9.17) is 9.47 Å². The molecule has 3 saturated heterocycles. The maximum absolute atomic E-state index is 13.6. The van der Waals surface area contributed by atoms with Gasteiger partial charge in [-0.3, -0.25) is 9.59 Å². The van der Waals surface area contributed by atoms with E-state index in [0.717, 1.165) is 19.3 Å². The number of hydrogen-bond acceptors (Lipinski definition) is 9. The predicted octanol–water partition coefficient (Wildman–Crippen LogP) is 1.73. The van der Waals surface area contributed by atoms with Crippen LogP contribution in [-0.2, 0) is 14.3 Å². The van der Waals surface area contributed by atoms with Crippen molar-refractivity contribution in [2.45, 2.75) is 99.2 Å². The van der Waals surface area contributed by atoms with Gasteiger partial charge in [-0.05, 0) is 74.1 Å². The van der Waals surface area contributed by atoms with Gasteiger partial charge in [0.2, 0.25) is 5.91 Å². The minimum atomic E-state index is -1.49. The Bertz CT molecular complexity index is 1160. The molecular weight excluding hydrogens is 589 g/mol. The molecule has 44 heavy (non-hydrogen) atoms. The van der Waals surface area contributed by atoms with Crippen LogP contribution in [0.2, 0.25) is 0 Å². The Morgan fingerprint density at radius 2 is 1.82 bits per heavy atom. The van der Waals surface area contributed by atoms with E-state index in [1.807, 2.05) is 12.2 Å². The van der Waals surface area contributed by atoms with Crippen LogP contribution in [0.1, 0.15) is 56.3 Å². The SMILES string of the molecule is CC(C)C[C@@H]1CCO[C@@H]2[C@H](CN[C@@H]2C(=O)N[C@@H]2C/C=C\C[C@H](CNC(=O)c3ccc(F)cc3)SC3O[C@H]2[C@@H](O)C(O)[C@H]3O)C1. The summed E-state index contributed by atoms with van der Waals surface area (Å²) >= 11 is 1.25. The predicted molar refractivity (Wildman–Crippen MR) is 164 cm³/mol. The Kier molecular flexibility index (Phi) is 11.4. The van der Waals surface area contributed by atoms with Gasteiger partial charge in [0.1, 0.15) is 41.7 Å². The zero-order valence-electron chi connectivity index (χ0n) is 25.3. The van der Waals surface area contributed by atoms with Crippen LogP contribution in [0.25, 0.3) is 0 Å². The number of hydrogen-bond donors (Lipinski definition) is 6. The fourth-order valence-corrected chi connectivity index (χ4v) is 8.21. The van der Waals surface area contributed by atoms with E-state index in [-0.39, 0.29) is 35.6 Å². The van der Waals surface area contributed by atoms with Crippen LogP contribution in [0.4, 0.5) is 4.39 Å². The third-order valence-electron chi connectivity index (χ3n) is 9.16. The Morgan fingerprint density at radius 3 is 2.57 bits per heavy atom. The highest BCUT2D eigenvalue weighted by Crippen LogP contribution is 2.36. The molecule has 6 N–H and O–H groups in total. The van der Waals surface area contributed by atoms with Gasteiger partial charge in [0, 0.05) is 30.5 Å². The quantitative estimate of drug-likeness (QED) is 0.247. The van der Waals surface area contributed by atoms with Crippen molar-refractivity contribution in [1.29, 1.82) is 0 Å². The van der Waals surface area contributed by atoms with Crippen molar-refractivity contribution < 1.29 is 38.8 Å². The molecule has 0 radical (unpaired) electrons. The Labute approximate surface area is 262 Å². The summed E-state index contributed by atoms with van der Waals surface area (Å²) in [5.41, 5.74) is -0.584. The third-order valence-corrected chi connectivity index (χ3v) is 10.6. The number of amides is 2. The highest BCUT2D eigenvalue weighted by atomic mass is 32.2. The Morgan fingerprint density at radius 1 is 1.07 bits per heavy atom. The van der Waals surface area contributed by atoms with Gasteiger partial charge in [0.05, 0.1) is 12.1 Å². The van der Waals surface area contributed by atoms with Gasteiger partial charge in [0.15, 0.2) is 0 Å². The molecule has 1 aromatic rings. The summed E-state index contributed by atoms with van der Waals surface area (Å²) in [5, 5.41) is 41.6. The summed E-state index contributed by atoms with van der Waals surface area (Å²) in [7, 11) is 0. The molecule has 4 aliphatic rings. The average Bonchev–Trinajstić information content (AvgIpc) is 3.28. The number of allylic oxidation sites excluding steroid dienone is 1. The fraction of sp³-hybridized carbons (Fsp3) is 0.688. The van der Waals surface area contributed by atoms with Crippen LogP contribution < -0.4 is 16.0 Å². The van der Waals surface area contributed by atoms with Crippen molar-refractivity contribution in [3.05, 3.63) is 47.8 Å². The summed E-state index contributed by atoms with van der Waals surface area (Å²) in [6.07, 6.45) is 2.35. The van der Waals surface area contributed by atoms with Crippen molar-refractivity contribution in [2.24, 2.45) is 17.8 Å². The molecule has 5 rings (SSSR count). The summed E-state index contributed by atoms with van der Waals surface area (Å²) < 4.78 is 25.7. The molecule has 12 heteroatoms. The van der Waals surface area contributed by atoms with Crippen molar-refractivity contribution in [3.8, 4) is 0 Å². The molecule has 11 atom stereocenters. The van der Waals surface area contributed by atoms with Gasteiger partial charge in [-0.25, -0.2) is 4.39 Å². The summed E-state index contributed by atoms with van der Waals surface area (Å²) in [5.74, 6) is 0.403. The van der Waals surface area contributed by atoms with Gasteiger partial charge in [-0.1, -0.05) is 26.0 Å². The molecule has 4 aliphatic heterocycles. The van der Waals surface area contributed by atoms with Crippen LogP contribution >= 0.6 is 11.8 Å². The monoisotopic (exact) mass is 635 g/mol. The van der Waals surface area contributed by atoms with Gasteiger partial charge in [-0.2, -0.15) is 0 Å². The number of halogens is 1. The number of aliphatic hydroxyl groups excluding tert-OH is 3. The van der Waals surface area contributed by atoms with E-state index >= 15 is 0 Å². The highest BCUT2D eigenvalue weighted by Gasteiger charge is 2.49. The summed E-state index contributed by atoms with van der Waals surface area (Å²) in [6, 6.07) is 4.06. The van der Waals surface area contributed by atoms with Gasteiger partial charge in [0.25, 0.3) is 5.91 Å². The van der Waals surface area contributed by atoms with Crippen molar-refractivity contribution in [1.82, 2.24) is 16.0 Å². The molecular formula is C32H46FN3O7S. The molecule has 1 aromatic carbocycles. The number of nitrogens with one attached hydrogen (secondary N) is 3. The van der Waals surface area contributed by atoms with E-state index in [1.54, 1.807) is 0 Å². The normalized spacial score (nSPS) is 38.3. The fourth-order valence-electron chi connectivity index (χ4n) is 6.92. The lowest BCUT2D eigenvalue weighted by Gasteiger charge is -2.44. The van der Waals surface area contributed by atoms with Gasteiger partial charge in [-0.15, -0.1) is 11.8 Å². The first-order valence-electron chi connectivity index (χ1n) is 15.8. The first-order chi connectivity index (χ1) is 21.1. The van der Waals surface area contributed by atoms with Crippen LogP contribution in [0.5, 0.6) is 0 Å². The molecule has 0 aliphatic carbocycles. The Balaban J connectivity index is 1.24. The molecule has 0 aromatic heterocycles. The zero-order valence-corrected chi connectivity index (χ0v) is 26.1. The highest BCUT2D eigenvalue weighted by molar-refractivity contribution is 8.00. The molecule has 0 saturated carbocycles. The number of thioether (sulfide) groups is 1. The number of rotatable bonds is 7. The topological polar surface area (TPSA) is 149 Å². The molecule has 4 heterocycles. The second kappa shape index (κ2) is 15.0. The van der Waals surface area contributed by atoms with Crippen LogP contribution in [0, 0.1) is 23.6 Å². The molecule has 0 spiro atoms. The molecule has 10 nitrogen and oxygen atoms in total.